The van der Waals surface area contributed by atoms with Crippen LogP contribution >= 0.6 is 11.9 Å². The van der Waals surface area contributed by atoms with Crippen LogP contribution in [0.2, 0.25) is 0 Å². The number of anilines is 2. The zero-order valence-corrected chi connectivity index (χ0v) is 18.6. The predicted octanol–water partition coefficient (Wildman–Crippen LogP) is 4.71. The molecule has 3 aliphatic rings. The second kappa shape index (κ2) is 8.63. The van der Waals surface area contributed by atoms with E-state index in [0.717, 1.165) is 65.6 Å². The minimum absolute atomic E-state index is 0.121. The molecular formula is C24H29N3O3S. The number of carbonyl (C=O) groups excluding carboxylic acids is 1. The number of methoxy groups -OCH3 is 1. The van der Waals surface area contributed by atoms with Gasteiger partial charge in [-0.15, -0.1) is 0 Å². The third kappa shape index (κ3) is 4.08. The van der Waals surface area contributed by atoms with Crippen LogP contribution in [0.15, 0.2) is 41.3 Å². The van der Waals surface area contributed by atoms with Crippen molar-refractivity contribution in [2.75, 3.05) is 30.3 Å². The van der Waals surface area contributed by atoms with Crippen LogP contribution in [-0.2, 0) is 10.2 Å². The topological polar surface area (TPSA) is 71.6 Å². The standard InChI is InChI=1S/C24H29N3O3S/c1-29-19-6-2-3-7-21(19)31-27-17-14-18-22(26-23(28)24(18)10-4-5-11-24)20(15-17)30-13-12-25-16-8-9-16/h2-3,6-7,14-16,25,27H,4-5,8-13H2,1H3,(H,26,28). The Bertz CT molecular complexity index is 971. The van der Waals surface area contributed by atoms with Crippen LogP contribution in [-0.4, -0.2) is 32.2 Å². The third-order valence-electron chi connectivity index (χ3n) is 6.47. The fourth-order valence-electron chi connectivity index (χ4n) is 4.65. The van der Waals surface area contributed by atoms with Crippen molar-refractivity contribution in [2.45, 2.75) is 54.9 Å². The number of fused-ring (bicyclic) bond motifs is 2. The second-order valence-corrected chi connectivity index (χ2v) is 9.42. The van der Waals surface area contributed by atoms with E-state index in [-0.39, 0.29) is 5.91 Å². The summed E-state index contributed by atoms with van der Waals surface area (Å²) in [6.45, 7) is 1.39. The largest absolute Gasteiger partial charge is 0.496 e. The Morgan fingerprint density at radius 2 is 1.97 bits per heavy atom. The van der Waals surface area contributed by atoms with E-state index in [1.165, 1.54) is 24.8 Å². The number of hydrogen-bond acceptors (Lipinski definition) is 6. The molecule has 3 N–H and O–H groups in total. The summed E-state index contributed by atoms with van der Waals surface area (Å²) < 4.78 is 15.1. The Morgan fingerprint density at radius 1 is 1.16 bits per heavy atom. The average Bonchev–Trinajstić information content (AvgIpc) is 3.41. The molecule has 7 heteroatoms. The van der Waals surface area contributed by atoms with Crippen molar-refractivity contribution in [3.63, 3.8) is 0 Å². The molecule has 1 spiro atoms. The van der Waals surface area contributed by atoms with Crippen LogP contribution < -0.4 is 24.8 Å². The molecule has 2 aromatic carbocycles. The molecule has 0 atom stereocenters. The first kappa shape index (κ1) is 20.5. The third-order valence-corrected chi connectivity index (χ3v) is 7.36. The van der Waals surface area contributed by atoms with Crippen LogP contribution in [0.3, 0.4) is 0 Å². The molecular weight excluding hydrogens is 410 g/mol. The van der Waals surface area contributed by atoms with Gasteiger partial charge in [0.25, 0.3) is 0 Å². The maximum atomic E-state index is 13.0. The van der Waals surface area contributed by atoms with E-state index in [0.29, 0.717) is 12.6 Å². The fourth-order valence-corrected chi connectivity index (χ4v) is 5.40. The van der Waals surface area contributed by atoms with Gasteiger partial charge >= 0.3 is 0 Å². The normalized spacial score (nSPS) is 18.7. The van der Waals surface area contributed by atoms with E-state index in [4.69, 9.17) is 9.47 Å². The molecule has 1 aliphatic heterocycles. The van der Waals surface area contributed by atoms with Gasteiger partial charge in [0, 0.05) is 24.3 Å². The van der Waals surface area contributed by atoms with Crippen LogP contribution in [0.4, 0.5) is 11.4 Å². The van der Waals surface area contributed by atoms with Crippen molar-refractivity contribution in [1.29, 1.82) is 0 Å². The van der Waals surface area contributed by atoms with Gasteiger partial charge in [-0.05, 0) is 61.4 Å². The summed E-state index contributed by atoms with van der Waals surface area (Å²) in [7, 11) is 1.68. The highest BCUT2D eigenvalue weighted by molar-refractivity contribution is 8.00. The maximum absolute atomic E-state index is 13.0. The Balaban J connectivity index is 1.40. The number of carbonyl (C=O) groups is 1. The van der Waals surface area contributed by atoms with Gasteiger partial charge < -0.3 is 24.8 Å². The number of hydrogen-bond donors (Lipinski definition) is 3. The van der Waals surface area contributed by atoms with Gasteiger partial charge in [0.2, 0.25) is 5.91 Å². The molecule has 164 valence electrons. The molecule has 6 nitrogen and oxygen atoms in total. The average molecular weight is 440 g/mol. The van der Waals surface area contributed by atoms with E-state index in [1.807, 2.05) is 30.3 Å². The molecule has 0 bridgehead atoms. The summed E-state index contributed by atoms with van der Waals surface area (Å²) in [5.41, 5.74) is 2.45. The summed E-state index contributed by atoms with van der Waals surface area (Å²) in [4.78, 5) is 14.0. The monoisotopic (exact) mass is 439 g/mol. The molecule has 0 aromatic heterocycles. The van der Waals surface area contributed by atoms with Crippen LogP contribution in [0.5, 0.6) is 11.5 Å². The van der Waals surface area contributed by atoms with Crippen molar-refractivity contribution in [1.82, 2.24) is 5.32 Å². The summed E-state index contributed by atoms with van der Waals surface area (Å²) >= 11 is 1.50. The lowest BCUT2D eigenvalue weighted by Gasteiger charge is -2.22. The van der Waals surface area contributed by atoms with E-state index in [1.54, 1.807) is 7.11 Å². The zero-order valence-electron chi connectivity index (χ0n) is 17.8. The number of amides is 1. The van der Waals surface area contributed by atoms with Crippen LogP contribution in [0, 0.1) is 0 Å². The SMILES string of the molecule is COc1ccccc1SNc1cc(OCCNC2CC2)c2c(c1)C1(CCCC1)C(=O)N2. The van der Waals surface area contributed by atoms with Gasteiger partial charge in [0.1, 0.15) is 18.1 Å². The molecule has 0 saturated heterocycles. The molecule has 2 saturated carbocycles. The first-order chi connectivity index (χ1) is 15.2. The Labute approximate surface area is 187 Å². The number of para-hydroxylation sites is 1. The Hall–Kier alpha value is -2.38. The van der Waals surface area contributed by atoms with Crippen molar-refractivity contribution in [3.05, 3.63) is 42.0 Å². The zero-order chi connectivity index (χ0) is 21.3. The van der Waals surface area contributed by atoms with Gasteiger partial charge in [0.15, 0.2) is 0 Å². The van der Waals surface area contributed by atoms with E-state index in [2.05, 4.69) is 21.4 Å². The van der Waals surface area contributed by atoms with Crippen LogP contribution in [0.1, 0.15) is 44.1 Å². The number of ether oxygens (including phenoxy) is 2. The Kier molecular flexibility index (Phi) is 5.71. The van der Waals surface area contributed by atoms with Crippen molar-refractivity contribution < 1.29 is 14.3 Å². The molecule has 0 unspecified atom stereocenters. The van der Waals surface area contributed by atoms with Crippen molar-refractivity contribution in [3.8, 4) is 11.5 Å². The highest BCUT2D eigenvalue weighted by Gasteiger charge is 2.49. The van der Waals surface area contributed by atoms with Crippen LogP contribution in [0.25, 0.3) is 0 Å². The lowest BCUT2D eigenvalue weighted by molar-refractivity contribution is -0.120. The van der Waals surface area contributed by atoms with Gasteiger partial charge in [-0.3, -0.25) is 4.79 Å². The molecule has 5 rings (SSSR count). The first-order valence-corrected chi connectivity index (χ1v) is 11.9. The molecule has 0 radical (unpaired) electrons. The summed E-state index contributed by atoms with van der Waals surface area (Å²) in [5.74, 6) is 1.69. The number of benzene rings is 2. The Morgan fingerprint density at radius 3 is 2.74 bits per heavy atom. The molecule has 31 heavy (non-hydrogen) atoms. The fraction of sp³-hybridized carbons (Fsp3) is 0.458. The highest BCUT2D eigenvalue weighted by atomic mass is 32.2. The molecule has 2 aromatic rings. The second-order valence-electron chi connectivity index (χ2n) is 8.57. The number of nitrogens with one attached hydrogen (secondary N) is 3. The van der Waals surface area contributed by atoms with Gasteiger partial charge in [0.05, 0.1) is 23.1 Å². The van der Waals surface area contributed by atoms with E-state index >= 15 is 0 Å². The van der Waals surface area contributed by atoms with Gasteiger partial charge in [-0.25, -0.2) is 0 Å². The van der Waals surface area contributed by atoms with Gasteiger partial charge in [-0.2, -0.15) is 0 Å². The molecule has 2 fully saturated rings. The smallest absolute Gasteiger partial charge is 0.235 e. The van der Waals surface area contributed by atoms with Gasteiger partial charge in [-0.1, -0.05) is 25.0 Å². The van der Waals surface area contributed by atoms with E-state index < -0.39 is 5.41 Å². The molecule has 1 amide bonds. The lowest BCUT2D eigenvalue weighted by Crippen LogP contribution is -2.30. The number of rotatable bonds is 9. The summed E-state index contributed by atoms with van der Waals surface area (Å²) in [6, 6.07) is 12.7. The van der Waals surface area contributed by atoms with Crippen molar-refractivity contribution >= 4 is 29.2 Å². The summed E-state index contributed by atoms with van der Waals surface area (Å²) in [5, 5.41) is 6.62. The van der Waals surface area contributed by atoms with E-state index in [9.17, 15) is 4.79 Å². The first-order valence-electron chi connectivity index (χ1n) is 11.1. The molecule has 2 aliphatic carbocycles. The van der Waals surface area contributed by atoms with Crippen molar-refractivity contribution in [2.24, 2.45) is 0 Å². The molecule has 1 heterocycles. The minimum atomic E-state index is -0.410. The minimum Gasteiger partial charge on any atom is -0.496 e. The highest BCUT2D eigenvalue weighted by Crippen LogP contribution is 2.52. The quantitative estimate of drug-likeness (QED) is 0.388. The summed E-state index contributed by atoms with van der Waals surface area (Å²) in [6.07, 6.45) is 6.49. The maximum Gasteiger partial charge on any atom is 0.235 e. The predicted molar refractivity (Wildman–Crippen MR) is 124 cm³/mol. The lowest BCUT2D eigenvalue weighted by atomic mass is 9.80.